The zero-order valence-electron chi connectivity index (χ0n) is 7.44. The Morgan fingerprint density at radius 2 is 2.00 bits per heavy atom. The minimum absolute atomic E-state index is 0.870. The van der Waals surface area contributed by atoms with Crippen LogP contribution in [0.25, 0.3) is 11.3 Å². The average Bonchev–Trinajstić information content (AvgIpc) is 2.30. The average molecular weight is 205 g/mol. The lowest BCUT2D eigenvalue weighted by molar-refractivity contribution is 1.33. The van der Waals surface area contributed by atoms with Crippen molar-refractivity contribution in [1.29, 1.82) is 0 Å². The highest BCUT2D eigenvalue weighted by Crippen LogP contribution is 2.20. The van der Waals surface area contributed by atoms with Crippen molar-refractivity contribution in [2.24, 2.45) is 0 Å². The number of hydrogen-bond acceptors (Lipinski definition) is 2. The van der Waals surface area contributed by atoms with E-state index < -0.39 is 0 Å². The molecule has 3 heteroatoms. The number of aromatic nitrogens is 1. The van der Waals surface area contributed by atoms with Crippen LogP contribution in [0, 0.1) is 0 Å². The molecule has 2 rings (SSSR count). The predicted octanol–water partition coefficient (Wildman–Crippen LogP) is 3.31. The fourth-order valence-electron chi connectivity index (χ4n) is 1.27. The van der Waals surface area contributed by atoms with E-state index in [1.807, 2.05) is 42.5 Å². The van der Waals surface area contributed by atoms with Crippen molar-refractivity contribution >= 4 is 17.5 Å². The summed E-state index contributed by atoms with van der Waals surface area (Å²) < 4.78 is 0. The summed E-state index contributed by atoms with van der Waals surface area (Å²) in [5, 5.41) is 0. The summed E-state index contributed by atoms with van der Waals surface area (Å²) >= 11 is 5.52. The van der Waals surface area contributed by atoms with Crippen LogP contribution in [0.15, 0.2) is 48.7 Å². The van der Waals surface area contributed by atoms with Crippen LogP contribution in [-0.4, -0.2) is 4.98 Å². The molecule has 1 aromatic carbocycles. The van der Waals surface area contributed by atoms with Crippen molar-refractivity contribution < 1.29 is 0 Å². The van der Waals surface area contributed by atoms with Crippen molar-refractivity contribution in [2.75, 3.05) is 4.84 Å². The van der Waals surface area contributed by atoms with Crippen molar-refractivity contribution in [1.82, 2.24) is 4.98 Å². The molecule has 0 saturated heterocycles. The molecule has 2 nitrogen and oxygen atoms in total. The van der Waals surface area contributed by atoms with Gasteiger partial charge >= 0.3 is 0 Å². The monoisotopic (exact) mass is 204 g/mol. The Balaban J connectivity index is 2.42. The highest BCUT2D eigenvalue weighted by atomic mass is 35.5. The van der Waals surface area contributed by atoms with Gasteiger partial charge in [0.1, 0.15) is 0 Å². The van der Waals surface area contributed by atoms with Crippen LogP contribution in [0.4, 0.5) is 5.69 Å². The van der Waals surface area contributed by atoms with E-state index in [0.717, 1.165) is 16.9 Å². The van der Waals surface area contributed by atoms with Gasteiger partial charge in [0.2, 0.25) is 0 Å². The second kappa shape index (κ2) is 4.11. The second-order valence-electron chi connectivity index (χ2n) is 2.89. The molecule has 0 amide bonds. The number of halogens is 1. The molecule has 1 heterocycles. The van der Waals surface area contributed by atoms with Crippen LogP contribution < -0.4 is 4.84 Å². The number of pyridine rings is 1. The lowest BCUT2D eigenvalue weighted by Crippen LogP contribution is -1.84. The van der Waals surface area contributed by atoms with Gasteiger partial charge in [-0.1, -0.05) is 18.2 Å². The quantitative estimate of drug-likeness (QED) is 0.760. The van der Waals surface area contributed by atoms with Gasteiger partial charge in [0.25, 0.3) is 0 Å². The number of nitrogens with one attached hydrogen (secondary N) is 1. The molecule has 0 fully saturated rings. The first kappa shape index (κ1) is 9.03. The van der Waals surface area contributed by atoms with Gasteiger partial charge in [0.05, 0.1) is 5.69 Å². The summed E-state index contributed by atoms with van der Waals surface area (Å²) in [6.07, 6.45) is 1.77. The number of hydrogen-bond donors (Lipinski definition) is 1. The van der Waals surface area contributed by atoms with E-state index in [1.54, 1.807) is 6.20 Å². The third-order valence-electron chi connectivity index (χ3n) is 1.93. The lowest BCUT2D eigenvalue weighted by Gasteiger charge is -2.02. The zero-order valence-corrected chi connectivity index (χ0v) is 8.20. The van der Waals surface area contributed by atoms with Gasteiger partial charge in [-0.15, -0.1) is 0 Å². The lowest BCUT2D eigenvalue weighted by atomic mass is 10.1. The summed E-state index contributed by atoms with van der Waals surface area (Å²) in [7, 11) is 0. The van der Waals surface area contributed by atoms with Gasteiger partial charge in [-0.25, -0.2) is 0 Å². The number of anilines is 1. The molecule has 14 heavy (non-hydrogen) atoms. The van der Waals surface area contributed by atoms with E-state index in [-0.39, 0.29) is 0 Å². The van der Waals surface area contributed by atoms with E-state index >= 15 is 0 Å². The molecule has 0 spiro atoms. The molecule has 0 radical (unpaired) electrons. The van der Waals surface area contributed by atoms with Crippen LogP contribution in [0.2, 0.25) is 0 Å². The Hall–Kier alpha value is -1.54. The Kier molecular flexibility index (Phi) is 2.65. The summed E-state index contributed by atoms with van der Waals surface area (Å²) in [5.74, 6) is 0. The Bertz CT molecular complexity index is 415. The molecule has 70 valence electrons. The van der Waals surface area contributed by atoms with Crippen LogP contribution in [-0.2, 0) is 0 Å². The van der Waals surface area contributed by atoms with Gasteiger partial charge in [-0.2, -0.15) is 0 Å². The molecule has 0 aliphatic rings. The van der Waals surface area contributed by atoms with Gasteiger partial charge in [0, 0.05) is 29.2 Å². The van der Waals surface area contributed by atoms with Crippen molar-refractivity contribution in [2.45, 2.75) is 0 Å². The first-order valence-corrected chi connectivity index (χ1v) is 4.66. The highest BCUT2D eigenvalue weighted by Gasteiger charge is 1.98. The predicted molar refractivity (Wildman–Crippen MR) is 59.1 cm³/mol. The maximum absolute atomic E-state index is 5.52. The van der Waals surface area contributed by atoms with E-state index in [1.165, 1.54) is 0 Å². The minimum atomic E-state index is 0.870. The molecule has 0 aliphatic heterocycles. The molecule has 1 aromatic heterocycles. The van der Waals surface area contributed by atoms with E-state index in [4.69, 9.17) is 11.8 Å². The van der Waals surface area contributed by atoms with Gasteiger partial charge in [0.15, 0.2) is 0 Å². The maximum Gasteiger partial charge on any atom is 0.0702 e. The smallest absolute Gasteiger partial charge is 0.0702 e. The SMILES string of the molecule is ClNc1cccc(-c2ccccn2)c1. The highest BCUT2D eigenvalue weighted by molar-refractivity contribution is 6.24. The Labute approximate surface area is 87.7 Å². The number of rotatable bonds is 2. The fraction of sp³-hybridized carbons (Fsp3) is 0. The standard InChI is InChI=1S/C11H9ClN2/c12-14-10-5-3-4-9(8-10)11-6-1-2-7-13-11/h1-8,14H. The summed E-state index contributed by atoms with van der Waals surface area (Å²) in [4.78, 5) is 6.84. The number of nitrogens with zero attached hydrogens (tertiary/aromatic N) is 1. The topological polar surface area (TPSA) is 24.9 Å². The Morgan fingerprint density at radius 1 is 1.07 bits per heavy atom. The van der Waals surface area contributed by atoms with E-state index in [2.05, 4.69) is 9.82 Å². The van der Waals surface area contributed by atoms with Gasteiger partial charge in [-0.05, 0) is 24.3 Å². The molecule has 0 saturated carbocycles. The molecule has 0 unspecified atom stereocenters. The van der Waals surface area contributed by atoms with Crippen molar-refractivity contribution in [3.63, 3.8) is 0 Å². The van der Waals surface area contributed by atoms with Crippen molar-refractivity contribution in [3.8, 4) is 11.3 Å². The Morgan fingerprint density at radius 3 is 2.71 bits per heavy atom. The molecular weight excluding hydrogens is 196 g/mol. The largest absolute Gasteiger partial charge is 0.298 e. The van der Waals surface area contributed by atoms with Crippen LogP contribution in [0.3, 0.4) is 0 Å². The first-order valence-electron chi connectivity index (χ1n) is 4.28. The fourth-order valence-corrected chi connectivity index (χ4v) is 1.39. The van der Waals surface area contributed by atoms with E-state index in [0.29, 0.717) is 0 Å². The van der Waals surface area contributed by atoms with Crippen LogP contribution in [0.1, 0.15) is 0 Å². The zero-order chi connectivity index (χ0) is 9.80. The summed E-state index contributed by atoms with van der Waals surface area (Å²) in [5.41, 5.74) is 2.87. The second-order valence-corrected chi connectivity index (χ2v) is 3.08. The molecule has 0 aliphatic carbocycles. The molecule has 0 atom stereocenters. The van der Waals surface area contributed by atoms with Gasteiger partial charge in [-0.3, -0.25) is 9.82 Å². The third kappa shape index (κ3) is 1.86. The molecule has 1 N–H and O–H groups in total. The summed E-state index contributed by atoms with van der Waals surface area (Å²) in [6.45, 7) is 0. The summed E-state index contributed by atoms with van der Waals surface area (Å²) in [6, 6.07) is 13.6. The minimum Gasteiger partial charge on any atom is -0.298 e. The van der Waals surface area contributed by atoms with Crippen molar-refractivity contribution in [3.05, 3.63) is 48.7 Å². The third-order valence-corrected chi connectivity index (χ3v) is 2.15. The van der Waals surface area contributed by atoms with Crippen LogP contribution in [0.5, 0.6) is 0 Å². The first-order chi connectivity index (χ1) is 6.90. The maximum atomic E-state index is 5.52. The molecular formula is C11H9ClN2. The molecule has 0 bridgehead atoms. The van der Waals surface area contributed by atoms with Crippen LogP contribution >= 0.6 is 11.8 Å². The van der Waals surface area contributed by atoms with E-state index in [9.17, 15) is 0 Å². The number of benzene rings is 1. The normalized spacial score (nSPS) is 9.79. The molecule has 2 aromatic rings. The van der Waals surface area contributed by atoms with Gasteiger partial charge < -0.3 is 0 Å².